The number of aliphatic hydroxyl groups is 1. The van der Waals surface area contributed by atoms with E-state index in [0.717, 1.165) is 32.5 Å². The summed E-state index contributed by atoms with van der Waals surface area (Å²) in [6, 6.07) is 0.584. The minimum absolute atomic E-state index is 0.135. The van der Waals surface area contributed by atoms with Crippen LogP contribution in [0.3, 0.4) is 0 Å². The Morgan fingerprint density at radius 3 is 2.48 bits per heavy atom. The fraction of sp³-hybridized carbons (Fsp3) is 1.00. The lowest BCUT2D eigenvalue weighted by atomic mass is 9.84. The van der Waals surface area contributed by atoms with Crippen LogP contribution in [-0.4, -0.2) is 61.5 Å². The predicted molar refractivity (Wildman–Crippen MR) is 88.7 cm³/mol. The van der Waals surface area contributed by atoms with Crippen LogP contribution in [0.15, 0.2) is 0 Å². The fourth-order valence-corrected chi connectivity index (χ4v) is 2.99. The largest absolute Gasteiger partial charge is 0.394 e. The molecule has 1 aliphatic rings. The Hall–Kier alpha value is -0.160. The van der Waals surface area contributed by atoms with Gasteiger partial charge in [0.2, 0.25) is 0 Å². The van der Waals surface area contributed by atoms with E-state index < -0.39 is 0 Å². The Kier molecular flexibility index (Phi) is 8.79. The van der Waals surface area contributed by atoms with Crippen LogP contribution < -0.4 is 5.32 Å². The lowest BCUT2D eigenvalue weighted by Crippen LogP contribution is -2.45. The van der Waals surface area contributed by atoms with Gasteiger partial charge in [0, 0.05) is 19.1 Å². The van der Waals surface area contributed by atoms with Gasteiger partial charge in [0.1, 0.15) is 0 Å². The van der Waals surface area contributed by atoms with Crippen molar-refractivity contribution in [3.05, 3.63) is 0 Å². The number of aliphatic hydroxyl groups excluding tert-OH is 1. The molecule has 0 aliphatic carbocycles. The van der Waals surface area contributed by atoms with Crippen molar-refractivity contribution in [3.8, 4) is 0 Å². The van der Waals surface area contributed by atoms with Gasteiger partial charge >= 0.3 is 0 Å². The first-order valence-corrected chi connectivity index (χ1v) is 8.65. The van der Waals surface area contributed by atoms with Crippen molar-refractivity contribution in [2.24, 2.45) is 5.41 Å². The second-order valence-electron chi connectivity index (χ2n) is 7.30. The standard InChI is InChI=1S/C17H36N2O2/c1-5-9-18-16(17(2,3)4)8-12-19-10-6-15(7-11-19)21-14-13-20/h15-16,18,20H,5-14H2,1-4H3. The Morgan fingerprint density at radius 1 is 1.29 bits per heavy atom. The van der Waals surface area contributed by atoms with Crippen LogP contribution in [0.2, 0.25) is 0 Å². The third-order valence-electron chi connectivity index (χ3n) is 4.40. The average Bonchev–Trinajstić information content (AvgIpc) is 2.45. The molecule has 1 unspecified atom stereocenters. The van der Waals surface area contributed by atoms with Crippen molar-refractivity contribution < 1.29 is 9.84 Å². The third-order valence-corrected chi connectivity index (χ3v) is 4.40. The zero-order chi connectivity index (χ0) is 15.7. The summed E-state index contributed by atoms with van der Waals surface area (Å²) in [4.78, 5) is 2.56. The number of ether oxygens (including phenoxy) is 1. The Labute approximate surface area is 131 Å². The average molecular weight is 300 g/mol. The molecule has 0 amide bonds. The number of piperidine rings is 1. The van der Waals surface area contributed by atoms with Crippen molar-refractivity contribution in [3.63, 3.8) is 0 Å². The number of likely N-dealkylation sites (tertiary alicyclic amines) is 1. The summed E-state index contributed by atoms with van der Waals surface area (Å²) in [7, 11) is 0. The summed E-state index contributed by atoms with van der Waals surface area (Å²) in [6.07, 6.45) is 4.96. The smallest absolute Gasteiger partial charge is 0.0701 e. The highest BCUT2D eigenvalue weighted by Crippen LogP contribution is 2.23. The highest BCUT2D eigenvalue weighted by atomic mass is 16.5. The minimum Gasteiger partial charge on any atom is -0.394 e. The summed E-state index contributed by atoms with van der Waals surface area (Å²) in [5, 5.41) is 12.5. The van der Waals surface area contributed by atoms with Gasteiger partial charge in [-0.2, -0.15) is 0 Å². The topological polar surface area (TPSA) is 44.7 Å². The van der Waals surface area contributed by atoms with Crippen LogP contribution in [-0.2, 0) is 4.74 Å². The Morgan fingerprint density at radius 2 is 1.95 bits per heavy atom. The maximum atomic E-state index is 8.80. The number of nitrogens with one attached hydrogen (secondary N) is 1. The number of hydrogen-bond acceptors (Lipinski definition) is 4. The van der Waals surface area contributed by atoms with Gasteiger partial charge in [0.05, 0.1) is 19.3 Å². The van der Waals surface area contributed by atoms with Gasteiger partial charge in [-0.15, -0.1) is 0 Å². The first-order valence-electron chi connectivity index (χ1n) is 8.65. The summed E-state index contributed by atoms with van der Waals surface area (Å²) in [5.74, 6) is 0. The number of nitrogens with zero attached hydrogens (tertiary/aromatic N) is 1. The van der Waals surface area contributed by atoms with Crippen LogP contribution in [0.4, 0.5) is 0 Å². The first-order chi connectivity index (χ1) is 9.97. The maximum absolute atomic E-state index is 8.80. The van der Waals surface area contributed by atoms with Crippen LogP contribution in [0.5, 0.6) is 0 Å². The van der Waals surface area contributed by atoms with E-state index in [9.17, 15) is 0 Å². The molecule has 0 radical (unpaired) electrons. The van der Waals surface area contributed by atoms with Gasteiger partial charge in [-0.1, -0.05) is 27.7 Å². The SMILES string of the molecule is CCCNC(CCN1CCC(OCCO)CC1)C(C)(C)C. The van der Waals surface area contributed by atoms with Gasteiger partial charge in [0.25, 0.3) is 0 Å². The van der Waals surface area contributed by atoms with Crippen molar-refractivity contribution in [2.75, 3.05) is 39.4 Å². The molecule has 1 heterocycles. The molecule has 1 atom stereocenters. The Balaban J connectivity index is 2.27. The molecule has 21 heavy (non-hydrogen) atoms. The van der Waals surface area contributed by atoms with Gasteiger partial charge in [-0.05, 0) is 44.2 Å². The third kappa shape index (κ3) is 7.59. The molecular weight excluding hydrogens is 264 g/mol. The normalized spacial score (nSPS) is 19.9. The monoisotopic (exact) mass is 300 g/mol. The van der Waals surface area contributed by atoms with Gasteiger partial charge in [-0.3, -0.25) is 0 Å². The molecule has 0 spiro atoms. The minimum atomic E-state index is 0.135. The van der Waals surface area contributed by atoms with Gasteiger partial charge in [-0.25, -0.2) is 0 Å². The predicted octanol–water partition coefficient (Wildman–Crippen LogP) is 2.26. The fourth-order valence-electron chi connectivity index (χ4n) is 2.99. The lowest BCUT2D eigenvalue weighted by Gasteiger charge is -2.36. The van der Waals surface area contributed by atoms with E-state index in [4.69, 9.17) is 9.84 Å². The summed E-state index contributed by atoms with van der Waals surface area (Å²) < 4.78 is 5.62. The number of hydrogen-bond donors (Lipinski definition) is 2. The second-order valence-corrected chi connectivity index (χ2v) is 7.30. The van der Waals surface area contributed by atoms with E-state index in [1.165, 1.54) is 19.4 Å². The zero-order valence-corrected chi connectivity index (χ0v) is 14.5. The van der Waals surface area contributed by atoms with Crippen molar-refractivity contribution in [1.82, 2.24) is 10.2 Å². The first kappa shape index (κ1) is 18.9. The molecule has 4 heteroatoms. The molecule has 126 valence electrons. The molecule has 0 aromatic rings. The molecule has 0 aromatic carbocycles. The highest BCUT2D eigenvalue weighted by molar-refractivity contribution is 4.82. The molecule has 0 saturated carbocycles. The quantitative estimate of drug-likeness (QED) is 0.685. The molecule has 1 fully saturated rings. The van der Waals surface area contributed by atoms with Gasteiger partial charge < -0.3 is 20.1 Å². The zero-order valence-electron chi connectivity index (χ0n) is 14.5. The van der Waals surface area contributed by atoms with Crippen molar-refractivity contribution in [2.45, 2.75) is 65.5 Å². The van der Waals surface area contributed by atoms with E-state index in [-0.39, 0.29) is 6.61 Å². The molecule has 2 N–H and O–H groups in total. The maximum Gasteiger partial charge on any atom is 0.0701 e. The highest BCUT2D eigenvalue weighted by Gasteiger charge is 2.25. The molecule has 0 aromatic heterocycles. The van der Waals surface area contributed by atoms with Gasteiger partial charge in [0.15, 0.2) is 0 Å². The van der Waals surface area contributed by atoms with Crippen LogP contribution in [0, 0.1) is 5.41 Å². The van der Waals surface area contributed by atoms with Crippen molar-refractivity contribution in [1.29, 1.82) is 0 Å². The molecule has 1 rings (SSSR count). The summed E-state index contributed by atoms with van der Waals surface area (Å²) in [5.41, 5.74) is 0.317. The van der Waals surface area contributed by atoms with Crippen LogP contribution in [0.25, 0.3) is 0 Å². The van der Waals surface area contributed by atoms with E-state index >= 15 is 0 Å². The molecular formula is C17H36N2O2. The number of rotatable bonds is 9. The Bertz CT molecular complexity index is 258. The van der Waals surface area contributed by atoms with E-state index in [2.05, 4.69) is 37.9 Å². The van der Waals surface area contributed by atoms with E-state index in [1.54, 1.807) is 0 Å². The molecule has 1 saturated heterocycles. The molecule has 4 nitrogen and oxygen atoms in total. The summed E-state index contributed by atoms with van der Waals surface area (Å²) in [6.45, 7) is 14.4. The molecule has 0 bridgehead atoms. The van der Waals surface area contributed by atoms with E-state index in [1.807, 2.05) is 0 Å². The summed E-state index contributed by atoms with van der Waals surface area (Å²) >= 11 is 0. The van der Waals surface area contributed by atoms with Crippen LogP contribution >= 0.6 is 0 Å². The van der Waals surface area contributed by atoms with Crippen molar-refractivity contribution >= 4 is 0 Å². The van der Waals surface area contributed by atoms with Crippen LogP contribution in [0.1, 0.15) is 53.4 Å². The molecule has 1 aliphatic heterocycles. The van der Waals surface area contributed by atoms with E-state index in [0.29, 0.717) is 24.2 Å². The lowest BCUT2D eigenvalue weighted by molar-refractivity contribution is -0.00866. The second kappa shape index (κ2) is 9.78.